The van der Waals surface area contributed by atoms with Crippen LogP contribution in [-0.2, 0) is 20.7 Å². The Morgan fingerprint density at radius 3 is 2.76 bits per heavy atom. The van der Waals surface area contributed by atoms with Gasteiger partial charge in [0.25, 0.3) is 0 Å². The number of aromatic nitrogens is 4. The van der Waals surface area contributed by atoms with Gasteiger partial charge in [-0.3, -0.25) is 9.69 Å². The van der Waals surface area contributed by atoms with E-state index in [0.29, 0.717) is 59.4 Å². The molecule has 1 aromatic carbocycles. The largest absolute Gasteiger partial charge is 0.492 e. The quantitative estimate of drug-likeness (QED) is 0.394. The number of para-hydroxylation sites is 1. The van der Waals surface area contributed by atoms with Crippen LogP contribution in [0.1, 0.15) is 37.2 Å². The number of carbonyl (C=O) groups is 1. The topological polar surface area (TPSA) is 118 Å². The second kappa shape index (κ2) is 12.3. The normalized spacial score (nSPS) is 16.2. The Balaban J connectivity index is 1.50. The first-order valence-electron chi connectivity index (χ1n) is 12.4. The fourth-order valence-electron chi connectivity index (χ4n) is 4.29. The highest BCUT2D eigenvalue weighted by Crippen LogP contribution is 2.29. The number of esters is 1. The summed E-state index contributed by atoms with van der Waals surface area (Å²) >= 11 is 0. The number of hydrogen-bond donors (Lipinski definition) is 1. The fraction of sp³-hybridized carbons (Fsp3) is 0.462. The molecule has 204 valence electrons. The zero-order valence-electron chi connectivity index (χ0n) is 21.6. The number of ether oxygens (including phenoxy) is 3. The van der Waals surface area contributed by atoms with Gasteiger partial charge in [-0.25, -0.2) is 14.6 Å². The SMILES string of the molecule is Cc1cc(-c2nn(C(F)F)cc2Cc2ccccc2OCCN2CCOC[C@@H]2C(=O)OC(C)C)nc(N)n1. The number of aryl methyl sites for hydroxylation is 1. The molecule has 1 saturated heterocycles. The Bertz CT molecular complexity index is 1230. The lowest BCUT2D eigenvalue weighted by Crippen LogP contribution is -2.52. The molecule has 4 rings (SSSR count). The van der Waals surface area contributed by atoms with E-state index in [4.69, 9.17) is 19.9 Å². The first-order chi connectivity index (χ1) is 18.2. The van der Waals surface area contributed by atoms with E-state index in [2.05, 4.69) is 15.1 Å². The van der Waals surface area contributed by atoms with Crippen LogP contribution >= 0.6 is 0 Å². The first kappa shape index (κ1) is 27.4. The number of alkyl halides is 2. The molecule has 1 aliphatic rings. The van der Waals surface area contributed by atoms with Gasteiger partial charge >= 0.3 is 12.5 Å². The summed E-state index contributed by atoms with van der Waals surface area (Å²) in [6.07, 6.45) is 1.38. The molecule has 0 saturated carbocycles. The molecule has 0 radical (unpaired) electrons. The molecule has 0 aliphatic carbocycles. The zero-order valence-corrected chi connectivity index (χ0v) is 21.6. The third kappa shape index (κ3) is 6.81. The Morgan fingerprint density at radius 1 is 1.24 bits per heavy atom. The molecule has 0 spiro atoms. The molecule has 12 heteroatoms. The van der Waals surface area contributed by atoms with E-state index >= 15 is 0 Å². The molecule has 38 heavy (non-hydrogen) atoms. The van der Waals surface area contributed by atoms with E-state index in [1.807, 2.05) is 43.0 Å². The first-order valence-corrected chi connectivity index (χ1v) is 12.4. The molecular formula is C26H32F2N6O4. The third-order valence-corrected chi connectivity index (χ3v) is 5.97. The number of carbonyl (C=O) groups excluding carboxylic acids is 1. The molecule has 1 fully saturated rings. The van der Waals surface area contributed by atoms with Crippen molar-refractivity contribution in [1.29, 1.82) is 0 Å². The lowest BCUT2D eigenvalue weighted by molar-refractivity contribution is -0.160. The monoisotopic (exact) mass is 530 g/mol. The van der Waals surface area contributed by atoms with Crippen molar-refractivity contribution in [2.75, 3.05) is 38.6 Å². The van der Waals surface area contributed by atoms with Crippen molar-refractivity contribution in [3.05, 3.63) is 53.3 Å². The van der Waals surface area contributed by atoms with Gasteiger partial charge in [0.05, 0.1) is 25.0 Å². The van der Waals surface area contributed by atoms with Gasteiger partial charge in [-0.2, -0.15) is 13.9 Å². The van der Waals surface area contributed by atoms with Crippen molar-refractivity contribution in [3.63, 3.8) is 0 Å². The van der Waals surface area contributed by atoms with E-state index in [1.54, 1.807) is 13.0 Å². The maximum atomic E-state index is 13.5. The van der Waals surface area contributed by atoms with E-state index in [9.17, 15) is 13.6 Å². The minimum Gasteiger partial charge on any atom is -0.492 e. The number of hydrogen-bond acceptors (Lipinski definition) is 9. The smallest absolute Gasteiger partial charge is 0.333 e. The highest BCUT2D eigenvalue weighted by Gasteiger charge is 2.31. The van der Waals surface area contributed by atoms with Crippen LogP contribution in [0.4, 0.5) is 14.7 Å². The number of nitrogen functional groups attached to an aromatic ring is 1. The summed E-state index contributed by atoms with van der Waals surface area (Å²) in [5.74, 6) is 0.334. The summed E-state index contributed by atoms with van der Waals surface area (Å²) < 4.78 is 44.6. The molecule has 0 amide bonds. The minimum atomic E-state index is -2.81. The summed E-state index contributed by atoms with van der Waals surface area (Å²) in [6.45, 7) is 4.73. The average molecular weight is 531 g/mol. The summed E-state index contributed by atoms with van der Waals surface area (Å²) in [5.41, 5.74) is 8.41. The van der Waals surface area contributed by atoms with Gasteiger partial charge in [0.2, 0.25) is 5.95 Å². The highest BCUT2D eigenvalue weighted by molar-refractivity contribution is 5.76. The molecule has 0 unspecified atom stereocenters. The van der Waals surface area contributed by atoms with E-state index in [-0.39, 0.29) is 31.0 Å². The summed E-state index contributed by atoms with van der Waals surface area (Å²) in [6, 6.07) is 8.56. The Morgan fingerprint density at radius 2 is 2.03 bits per heavy atom. The second-order valence-corrected chi connectivity index (χ2v) is 9.26. The molecule has 2 N–H and O–H groups in total. The summed E-state index contributed by atoms with van der Waals surface area (Å²) in [5, 5.41) is 4.07. The van der Waals surface area contributed by atoms with Crippen LogP contribution < -0.4 is 10.5 Å². The van der Waals surface area contributed by atoms with Gasteiger partial charge in [-0.05, 0) is 38.5 Å². The molecule has 1 aliphatic heterocycles. The average Bonchev–Trinajstić information content (AvgIpc) is 3.29. The standard InChI is InChI=1S/C26H32F2N6O4/c1-16(2)38-24(35)21-15-36-10-8-33(21)9-11-37-22-7-5-4-6-18(22)13-19-14-34(25(27)28)32-23(19)20-12-17(3)30-26(29)31-20/h4-7,12,14,16,21,25H,8-11,13,15H2,1-3H3,(H2,29,30,31)/t21-/m1/s1. The van der Waals surface area contributed by atoms with Crippen LogP contribution in [0, 0.1) is 6.92 Å². The number of rotatable bonds is 10. The molecule has 1 atom stereocenters. The fourth-order valence-corrected chi connectivity index (χ4v) is 4.29. The summed E-state index contributed by atoms with van der Waals surface area (Å²) in [4.78, 5) is 22.7. The van der Waals surface area contributed by atoms with E-state index in [1.165, 1.54) is 6.20 Å². The van der Waals surface area contributed by atoms with Gasteiger partial charge in [-0.15, -0.1) is 0 Å². The van der Waals surface area contributed by atoms with Crippen molar-refractivity contribution in [3.8, 4) is 17.1 Å². The van der Waals surface area contributed by atoms with Gasteiger partial charge in [-0.1, -0.05) is 18.2 Å². The van der Waals surface area contributed by atoms with Gasteiger partial charge in [0.1, 0.15) is 24.1 Å². The van der Waals surface area contributed by atoms with Gasteiger partial charge < -0.3 is 19.9 Å². The van der Waals surface area contributed by atoms with Crippen LogP contribution in [0.15, 0.2) is 36.5 Å². The summed E-state index contributed by atoms with van der Waals surface area (Å²) in [7, 11) is 0. The van der Waals surface area contributed by atoms with Crippen LogP contribution in [-0.4, -0.2) is 75.7 Å². The maximum Gasteiger partial charge on any atom is 0.333 e. The molecule has 10 nitrogen and oxygen atoms in total. The highest BCUT2D eigenvalue weighted by atomic mass is 19.3. The Kier molecular flexibility index (Phi) is 8.85. The van der Waals surface area contributed by atoms with E-state index in [0.717, 1.165) is 5.56 Å². The molecular weight excluding hydrogens is 498 g/mol. The maximum absolute atomic E-state index is 13.5. The zero-order chi connectivity index (χ0) is 27.2. The predicted molar refractivity (Wildman–Crippen MR) is 136 cm³/mol. The van der Waals surface area contributed by atoms with E-state index < -0.39 is 12.6 Å². The van der Waals surface area contributed by atoms with Crippen molar-refractivity contribution in [1.82, 2.24) is 24.6 Å². The molecule has 2 aromatic heterocycles. The predicted octanol–water partition coefficient (Wildman–Crippen LogP) is 3.25. The van der Waals surface area contributed by atoms with Crippen molar-refractivity contribution < 1.29 is 27.8 Å². The lowest BCUT2D eigenvalue weighted by atomic mass is 10.0. The van der Waals surface area contributed by atoms with Gasteiger partial charge in [0.15, 0.2) is 0 Å². The second-order valence-electron chi connectivity index (χ2n) is 9.26. The van der Waals surface area contributed by atoms with Crippen LogP contribution in [0.2, 0.25) is 0 Å². The van der Waals surface area contributed by atoms with Crippen LogP contribution in [0.25, 0.3) is 11.4 Å². The number of anilines is 1. The molecule has 3 aromatic rings. The molecule has 0 bridgehead atoms. The number of nitrogens with two attached hydrogens (primary N) is 1. The van der Waals surface area contributed by atoms with Crippen molar-refractivity contribution in [2.24, 2.45) is 0 Å². The van der Waals surface area contributed by atoms with Crippen molar-refractivity contribution >= 4 is 11.9 Å². The van der Waals surface area contributed by atoms with Crippen molar-refractivity contribution in [2.45, 2.75) is 45.9 Å². The number of halogens is 2. The number of nitrogens with zero attached hydrogens (tertiary/aromatic N) is 5. The minimum absolute atomic E-state index is 0.0416. The number of morpholine rings is 1. The molecule has 3 heterocycles. The van der Waals surface area contributed by atoms with Crippen LogP contribution in [0.5, 0.6) is 5.75 Å². The van der Waals surface area contributed by atoms with Crippen LogP contribution in [0.3, 0.4) is 0 Å². The Labute approximate surface area is 219 Å². The Hall–Kier alpha value is -3.64. The third-order valence-electron chi connectivity index (χ3n) is 5.97. The van der Waals surface area contributed by atoms with Gasteiger partial charge in [0, 0.05) is 37.0 Å². The lowest BCUT2D eigenvalue weighted by Gasteiger charge is -2.34. The number of benzene rings is 1.